The van der Waals surface area contributed by atoms with Crippen LogP contribution in [0.15, 0.2) is 77.0 Å². The molecule has 32 heavy (non-hydrogen) atoms. The molecule has 0 fully saturated rings. The van der Waals surface area contributed by atoms with Crippen molar-refractivity contribution in [3.8, 4) is 0 Å². The summed E-state index contributed by atoms with van der Waals surface area (Å²) in [7, 11) is 3.47. The highest BCUT2D eigenvalue weighted by molar-refractivity contribution is 7.80. The second-order valence-electron chi connectivity index (χ2n) is 7.10. The number of hydrogen-bond acceptors (Lipinski definition) is 6. The summed E-state index contributed by atoms with van der Waals surface area (Å²) < 4.78 is 0. The van der Waals surface area contributed by atoms with Gasteiger partial charge in [0.25, 0.3) is 0 Å². The highest BCUT2D eigenvalue weighted by atomic mass is 32.1. The smallest absolute Gasteiger partial charge is 0.187 e. The summed E-state index contributed by atoms with van der Waals surface area (Å²) in [6.07, 6.45) is 1.30. The van der Waals surface area contributed by atoms with Gasteiger partial charge in [-0.05, 0) is 0 Å². The molecule has 2 aromatic rings. The third-order valence-electron chi connectivity index (χ3n) is 4.56. The van der Waals surface area contributed by atoms with E-state index in [0.29, 0.717) is 9.98 Å². The van der Waals surface area contributed by atoms with Crippen LogP contribution in [0.4, 0.5) is 0 Å². The second kappa shape index (κ2) is 12.8. The van der Waals surface area contributed by atoms with Gasteiger partial charge in [0.15, 0.2) is 5.78 Å². The van der Waals surface area contributed by atoms with Crippen molar-refractivity contribution in [1.29, 1.82) is 0 Å². The lowest BCUT2D eigenvalue weighted by Crippen LogP contribution is -2.34. The van der Waals surface area contributed by atoms with E-state index in [1.807, 2.05) is 60.7 Å². The average molecular weight is 470 g/mol. The zero-order valence-electron chi connectivity index (χ0n) is 18.1. The number of aliphatic imine (C=N–C) groups is 1. The molecule has 0 aromatic heterocycles. The summed E-state index contributed by atoms with van der Waals surface area (Å²) in [5, 5.41) is 19.8. The van der Waals surface area contributed by atoms with Gasteiger partial charge in [-0.15, -0.1) is 0 Å². The number of hydrogen-bond donors (Lipinski definition) is 2. The number of benzene rings is 2. The number of nitrogens with zero attached hydrogens (tertiary/aromatic N) is 3. The SMILES string of the molecule is CN(CC(=O)/C(C=NCCO)=C(\O)CN(C)C(=S)c1ccccc1)C(=S)c1ccccc1. The fraction of sp³-hybridized carbons (Fsp3) is 0.250. The molecule has 0 aliphatic heterocycles. The van der Waals surface area contributed by atoms with Crippen LogP contribution in [0.5, 0.6) is 0 Å². The normalized spacial score (nSPS) is 11.7. The van der Waals surface area contributed by atoms with Crippen molar-refractivity contribution in [2.45, 2.75) is 0 Å². The Labute approximate surface area is 199 Å². The summed E-state index contributed by atoms with van der Waals surface area (Å²) in [6, 6.07) is 18.8. The molecule has 8 heteroatoms. The van der Waals surface area contributed by atoms with Crippen LogP contribution in [0.1, 0.15) is 11.1 Å². The third kappa shape index (κ3) is 7.33. The molecule has 0 heterocycles. The van der Waals surface area contributed by atoms with E-state index in [1.165, 1.54) is 6.21 Å². The zero-order valence-corrected chi connectivity index (χ0v) is 19.8. The number of carbonyl (C=O) groups excluding carboxylic acids is 1. The van der Waals surface area contributed by atoms with E-state index < -0.39 is 0 Å². The average Bonchev–Trinajstić information content (AvgIpc) is 2.81. The van der Waals surface area contributed by atoms with E-state index in [4.69, 9.17) is 29.5 Å². The second-order valence-corrected chi connectivity index (χ2v) is 7.87. The molecule has 0 aliphatic rings. The lowest BCUT2D eigenvalue weighted by atomic mass is 10.1. The number of thiocarbonyl (C=S) groups is 2. The summed E-state index contributed by atoms with van der Waals surface area (Å²) in [6.45, 7) is -0.0345. The molecule has 0 bridgehead atoms. The van der Waals surface area contributed by atoms with Crippen LogP contribution < -0.4 is 0 Å². The van der Waals surface area contributed by atoms with Crippen LogP contribution in [0.25, 0.3) is 0 Å². The standard InChI is InChI=1S/C24H27N3O3S2/c1-26(23(31)18-9-5-3-6-10-18)16-21(29)20(15-25-13-14-28)22(30)17-27(2)24(32)19-11-7-4-8-12-19/h3-12,15,28-29H,13-14,16-17H2,1-2H3/b21-20-,25-15?. The Morgan fingerprint density at radius 3 is 1.84 bits per heavy atom. The van der Waals surface area contributed by atoms with E-state index in [-0.39, 0.29) is 43.4 Å². The number of carbonyl (C=O) groups is 1. The number of aliphatic hydroxyl groups excluding tert-OH is 2. The molecule has 2 N–H and O–H groups in total. The summed E-state index contributed by atoms with van der Waals surface area (Å²) in [5.74, 6) is -0.500. The lowest BCUT2D eigenvalue weighted by Gasteiger charge is -2.22. The molecule has 0 saturated heterocycles. The minimum atomic E-state index is -0.344. The fourth-order valence-corrected chi connectivity index (χ4v) is 3.28. The summed E-state index contributed by atoms with van der Waals surface area (Å²) in [5.41, 5.74) is 1.73. The maximum atomic E-state index is 13.0. The predicted molar refractivity (Wildman–Crippen MR) is 137 cm³/mol. The highest BCUT2D eigenvalue weighted by Crippen LogP contribution is 2.11. The van der Waals surface area contributed by atoms with Crippen molar-refractivity contribution in [3.63, 3.8) is 0 Å². The molecule has 168 valence electrons. The lowest BCUT2D eigenvalue weighted by molar-refractivity contribution is -0.115. The fourth-order valence-electron chi connectivity index (χ4n) is 2.88. The molecule has 0 spiro atoms. The van der Waals surface area contributed by atoms with Crippen LogP contribution >= 0.6 is 24.4 Å². The molecule has 0 amide bonds. The van der Waals surface area contributed by atoms with E-state index in [0.717, 1.165) is 11.1 Å². The first kappa shape index (κ1) is 25.3. The quantitative estimate of drug-likeness (QED) is 0.240. The number of likely N-dealkylation sites (N-methyl/N-ethyl adjacent to an activating group) is 2. The first-order valence-corrected chi connectivity index (χ1v) is 10.8. The molecule has 0 aliphatic carbocycles. The maximum Gasteiger partial charge on any atom is 0.187 e. The Hall–Kier alpha value is -2.94. The van der Waals surface area contributed by atoms with E-state index in [9.17, 15) is 9.90 Å². The van der Waals surface area contributed by atoms with Crippen molar-refractivity contribution < 1.29 is 15.0 Å². The van der Waals surface area contributed by atoms with Gasteiger partial charge in [-0.1, -0.05) is 85.1 Å². The van der Waals surface area contributed by atoms with Gasteiger partial charge in [-0.3, -0.25) is 9.79 Å². The maximum absolute atomic E-state index is 13.0. The van der Waals surface area contributed by atoms with Crippen molar-refractivity contribution >= 4 is 46.4 Å². The number of rotatable bonds is 10. The van der Waals surface area contributed by atoms with Gasteiger partial charge in [0.05, 0.1) is 31.8 Å². The number of Topliss-reactive ketones (excluding diaryl/α,β-unsaturated/α-hetero) is 1. The van der Waals surface area contributed by atoms with E-state index >= 15 is 0 Å². The first-order chi connectivity index (χ1) is 15.3. The van der Waals surface area contributed by atoms with Gasteiger partial charge in [0.1, 0.15) is 15.7 Å². The van der Waals surface area contributed by atoms with Crippen LogP contribution in [0.3, 0.4) is 0 Å². The van der Waals surface area contributed by atoms with Gasteiger partial charge < -0.3 is 20.0 Å². The molecule has 2 rings (SSSR count). The number of aliphatic hydroxyl groups is 2. The van der Waals surface area contributed by atoms with Crippen LogP contribution in [0, 0.1) is 0 Å². The molecular formula is C24H27N3O3S2. The van der Waals surface area contributed by atoms with Gasteiger partial charge in [0.2, 0.25) is 0 Å². The molecule has 0 unspecified atom stereocenters. The minimum Gasteiger partial charge on any atom is -0.510 e. The monoisotopic (exact) mass is 469 g/mol. The molecule has 6 nitrogen and oxygen atoms in total. The highest BCUT2D eigenvalue weighted by Gasteiger charge is 2.19. The van der Waals surface area contributed by atoms with Crippen molar-refractivity contribution in [2.75, 3.05) is 40.3 Å². The Kier molecular flexibility index (Phi) is 10.1. The zero-order chi connectivity index (χ0) is 23.5. The Balaban J connectivity index is 2.19. The number of ketones is 1. The molecular weight excluding hydrogens is 442 g/mol. The topological polar surface area (TPSA) is 76.4 Å². The van der Waals surface area contributed by atoms with E-state index in [1.54, 1.807) is 23.9 Å². The van der Waals surface area contributed by atoms with Crippen LogP contribution in [-0.4, -0.2) is 82.3 Å². The minimum absolute atomic E-state index is 0.0345. The molecule has 0 radical (unpaired) electrons. The van der Waals surface area contributed by atoms with Gasteiger partial charge >= 0.3 is 0 Å². The van der Waals surface area contributed by atoms with Crippen LogP contribution in [-0.2, 0) is 4.79 Å². The van der Waals surface area contributed by atoms with Gasteiger partial charge in [-0.25, -0.2) is 0 Å². The Morgan fingerprint density at radius 1 is 0.906 bits per heavy atom. The van der Waals surface area contributed by atoms with E-state index in [2.05, 4.69) is 4.99 Å². The molecule has 0 atom stereocenters. The summed E-state index contributed by atoms with van der Waals surface area (Å²) in [4.78, 5) is 21.5. The van der Waals surface area contributed by atoms with Crippen LogP contribution in [0.2, 0.25) is 0 Å². The third-order valence-corrected chi connectivity index (χ3v) is 5.66. The van der Waals surface area contributed by atoms with Crippen molar-refractivity contribution in [3.05, 3.63) is 83.1 Å². The first-order valence-electron chi connectivity index (χ1n) is 10.0. The predicted octanol–water partition coefficient (Wildman–Crippen LogP) is 3.05. The van der Waals surface area contributed by atoms with Gasteiger partial charge in [-0.2, -0.15) is 0 Å². The van der Waals surface area contributed by atoms with Gasteiger partial charge in [0, 0.05) is 31.4 Å². The van der Waals surface area contributed by atoms with Crippen molar-refractivity contribution in [1.82, 2.24) is 9.80 Å². The largest absolute Gasteiger partial charge is 0.510 e. The molecule has 2 aromatic carbocycles. The Bertz CT molecular complexity index is 992. The molecule has 0 saturated carbocycles. The summed E-state index contributed by atoms with van der Waals surface area (Å²) >= 11 is 11.0. The Morgan fingerprint density at radius 2 is 1.38 bits per heavy atom. The van der Waals surface area contributed by atoms with Crippen molar-refractivity contribution in [2.24, 2.45) is 4.99 Å².